The van der Waals surface area contributed by atoms with Crippen molar-refractivity contribution in [1.29, 1.82) is 0 Å². The van der Waals surface area contributed by atoms with Crippen LogP contribution < -0.4 is 0 Å². The van der Waals surface area contributed by atoms with E-state index in [1.165, 1.54) is 6.42 Å². The van der Waals surface area contributed by atoms with Crippen LogP contribution in [0.4, 0.5) is 0 Å². The van der Waals surface area contributed by atoms with Crippen LogP contribution in [0.2, 0.25) is 0 Å². The lowest BCUT2D eigenvalue weighted by molar-refractivity contribution is -0.131. The topological polar surface area (TPSA) is 61.6 Å². The predicted octanol–water partition coefficient (Wildman–Crippen LogP) is 2.36. The molecule has 1 aliphatic heterocycles. The van der Waals surface area contributed by atoms with Gasteiger partial charge in [0.25, 0.3) is 0 Å². The first-order valence-corrected chi connectivity index (χ1v) is 10.2. The van der Waals surface area contributed by atoms with E-state index >= 15 is 0 Å². The average Bonchev–Trinajstić information content (AvgIpc) is 2.97. The predicted molar refractivity (Wildman–Crippen MR) is 106 cm³/mol. The van der Waals surface area contributed by atoms with Crippen LogP contribution in [0.5, 0.6) is 0 Å². The van der Waals surface area contributed by atoms with E-state index in [9.17, 15) is 9.90 Å². The van der Waals surface area contributed by atoms with Crippen LogP contribution in [0.3, 0.4) is 0 Å². The number of likely N-dealkylation sites (tertiary alicyclic amines) is 1. The van der Waals surface area contributed by atoms with Gasteiger partial charge in [0.2, 0.25) is 5.91 Å². The minimum Gasteiger partial charge on any atom is -0.390 e. The number of hydrogen-bond acceptors (Lipinski definition) is 4. The molecular formula is C21H36N4O2. The summed E-state index contributed by atoms with van der Waals surface area (Å²) in [7, 11) is 4.05. The number of aliphatic hydroxyl groups is 1. The molecule has 1 aromatic rings. The molecule has 2 heterocycles. The smallest absolute Gasteiger partial charge is 0.244 e. The van der Waals surface area contributed by atoms with E-state index in [-0.39, 0.29) is 23.9 Å². The lowest BCUT2D eigenvalue weighted by Crippen LogP contribution is -2.50. The molecule has 6 heteroatoms. The van der Waals surface area contributed by atoms with Gasteiger partial charge in [-0.05, 0) is 53.1 Å². The Bertz CT molecular complexity index is 698. The highest BCUT2D eigenvalue weighted by molar-refractivity contribution is 5.75. The van der Waals surface area contributed by atoms with E-state index in [4.69, 9.17) is 0 Å². The first-order valence-electron chi connectivity index (χ1n) is 10.2. The van der Waals surface area contributed by atoms with Crippen LogP contribution in [-0.4, -0.2) is 68.9 Å². The third-order valence-electron chi connectivity index (χ3n) is 7.38. The standard InChI is InChI=1S/C21H36N4O2/c1-15-11-16(2)25(22-15)14-19(26)23(5)13-17-12-20(3)18(24(17)6)9-7-8-10-21(20,4)27/h11,17-18,27H,7-10,12-14H2,1-6H3/t17-,18-,20-,21+/m1/s1. The normalized spacial score (nSPS) is 34.3. The summed E-state index contributed by atoms with van der Waals surface area (Å²) in [4.78, 5) is 17.0. The Kier molecular flexibility index (Phi) is 5.43. The molecule has 0 unspecified atom stereocenters. The van der Waals surface area contributed by atoms with E-state index in [0.29, 0.717) is 12.6 Å². The number of amides is 1. The molecule has 3 rings (SSSR count). The second kappa shape index (κ2) is 7.21. The van der Waals surface area contributed by atoms with Crippen molar-refractivity contribution in [1.82, 2.24) is 19.6 Å². The number of fused-ring (bicyclic) bond motifs is 1. The molecule has 1 aromatic heterocycles. The third kappa shape index (κ3) is 3.66. The van der Waals surface area contributed by atoms with Gasteiger partial charge in [0.15, 0.2) is 0 Å². The van der Waals surface area contributed by atoms with Crippen molar-refractivity contribution < 1.29 is 9.90 Å². The Morgan fingerprint density at radius 1 is 1.37 bits per heavy atom. The minimum atomic E-state index is -0.649. The van der Waals surface area contributed by atoms with Crippen molar-refractivity contribution in [3.8, 4) is 0 Å². The van der Waals surface area contributed by atoms with Gasteiger partial charge in [-0.2, -0.15) is 5.10 Å². The van der Waals surface area contributed by atoms with Gasteiger partial charge in [-0.15, -0.1) is 0 Å². The van der Waals surface area contributed by atoms with Crippen LogP contribution in [-0.2, 0) is 11.3 Å². The lowest BCUT2D eigenvalue weighted by atomic mass is 9.67. The van der Waals surface area contributed by atoms with Crippen molar-refractivity contribution >= 4 is 5.91 Å². The fourth-order valence-corrected chi connectivity index (χ4v) is 5.36. The Morgan fingerprint density at radius 3 is 2.70 bits per heavy atom. The van der Waals surface area contributed by atoms with Crippen molar-refractivity contribution in [3.63, 3.8) is 0 Å². The highest BCUT2D eigenvalue weighted by Crippen LogP contribution is 2.52. The first-order chi connectivity index (χ1) is 12.5. The zero-order chi connectivity index (χ0) is 20.0. The highest BCUT2D eigenvalue weighted by Gasteiger charge is 2.57. The second-order valence-corrected chi connectivity index (χ2v) is 9.34. The number of hydrogen-bond donors (Lipinski definition) is 1. The Labute approximate surface area is 163 Å². The van der Waals surface area contributed by atoms with Crippen LogP contribution in [0.25, 0.3) is 0 Å². The molecule has 0 radical (unpaired) electrons. The minimum absolute atomic E-state index is 0.0820. The Balaban J connectivity index is 1.68. The molecule has 2 aliphatic rings. The van der Waals surface area contributed by atoms with E-state index in [2.05, 4.69) is 24.0 Å². The lowest BCUT2D eigenvalue weighted by Gasteiger charge is -2.43. The molecule has 27 heavy (non-hydrogen) atoms. The van der Waals surface area contributed by atoms with Gasteiger partial charge in [0.1, 0.15) is 6.54 Å². The first kappa shape index (κ1) is 20.3. The maximum Gasteiger partial charge on any atom is 0.244 e. The van der Waals surface area contributed by atoms with E-state index in [0.717, 1.165) is 37.1 Å². The molecule has 1 saturated carbocycles. The molecule has 1 amide bonds. The molecular weight excluding hydrogens is 340 g/mol. The van der Waals surface area contributed by atoms with Gasteiger partial charge in [-0.25, -0.2) is 0 Å². The van der Waals surface area contributed by atoms with Crippen molar-refractivity contribution in [2.45, 2.75) is 84.0 Å². The average molecular weight is 377 g/mol. The number of carbonyl (C=O) groups excluding carboxylic acids is 1. The summed E-state index contributed by atoms with van der Waals surface area (Å²) in [5.41, 5.74) is 1.18. The Hall–Kier alpha value is -1.40. The molecule has 6 nitrogen and oxygen atoms in total. The largest absolute Gasteiger partial charge is 0.390 e. The van der Waals surface area contributed by atoms with Crippen LogP contribution in [0, 0.1) is 19.3 Å². The fraction of sp³-hybridized carbons (Fsp3) is 0.810. The van der Waals surface area contributed by atoms with Crippen LogP contribution in [0.15, 0.2) is 6.07 Å². The maximum absolute atomic E-state index is 12.7. The Morgan fingerprint density at radius 2 is 2.07 bits per heavy atom. The van der Waals surface area contributed by atoms with Gasteiger partial charge in [-0.1, -0.05) is 19.8 Å². The molecule has 0 bridgehead atoms. The number of rotatable bonds is 4. The third-order valence-corrected chi connectivity index (χ3v) is 7.38. The monoisotopic (exact) mass is 376 g/mol. The molecule has 152 valence electrons. The maximum atomic E-state index is 12.7. The summed E-state index contributed by atoms with van der Waals surface area (Å²) >= 11 is 0. The molecule has 0 spiro atoms. The quantitative estimate of drug-likeness (QED) is 0.876. The number of carbonyl (C=O) groups is 1. The number of nitrogens with zero attached hydrogens (tertiary/aromatic N) is 4. The zero-order valence-electron chi connectivity index (χ0n) is 17.8. The summed E-state index contributed by atoms with van der Waals surface area (Å²) in [6.07, 6.45) is 5.19. The highest BCUT2D eigenvalue weighted by atomic mass is 16.3. The van der Waals surface area contributed by atoms with E-state index < -0.39 is 5.60 Å². The number of aromatic nitrogens is 2. The summed E-state index contributed by atoms with van der Waals surface area (Å²) in [5, 5.41) is 15.6. The molecule has 4 atom stereocenters. The molecule has 1 aliphatic carbocycles. The summed E-state index contributed by atoms with van der Waals surface area (Å²) < 4.78 is 1.78. The van der Waals surface area contributed by atoms with Gasteiger partial charge >= 0.3 is 0 Å². The number of likely N-dealkylation sites (N-methyl/N-ethyl adjacent to an activating group) is 2. The van der Waals surface area contributed by atoms with Gasteiger partial charge in [0.05, 0.1) is 11.3 Å². The van der Waals surface area contributed by atoms with Crippen LogP contribution in [0.1, 0.15) is 57.3 Å². The summed E-state index contributed by atoms with van der Waals surface area (Å²) in [5.74, 6) is 0.0820. The molecule has 2 fully saturated rings. The fourth-order valence-electron chi connectivity index (χ4n) is 5.36. The SMILES string of the molecule is Cc1cc(C)n(CC(=O)N(C)C[C@H]2C[C@]3(C)[C@@H](CCCC[C@]3(C)O)N2C)n1. The van der Waals surface area contributed by atoms with Gasteiger partial charge in [-0.3, -0.25) is 14.4 Å². The van der Waals surface area contributed by atoms with Gasteiger partial charge < -0.3 is 10.0 Å². The van der Waals surface area contributed by atoms with Gasteiger partial charge in [0, 0.05) is 36.8 Å². The molecule has 1 saturated heterocycles. The van der Waals surface area contributed by atoms with Crippen molar-refractivity contribution in [2.24, 2.45) is 5.41 Å². The molecule has 1 N–H and O–H groups in total. The molecule has 0 aromatic carbocycles. The summed E-state index contributed by atoms with van der Waals surface area (Å²) in [6.45, 7) is 9.16. The van der Waals surface area contributed by atoms with E-state index in [1.807, 2.05) is 38.8 Å². The summed E-state index contributed by atoms with van der Waals surface area (Å²) in [6, 6.07) is 2.65. The second-order valence-electron chi connectivity index (χ2n) is 9.34. The van der Waals surface area contributed by atoms with Crippen molar-refractivity contribution in [2.75, 3.05) is 20.6 Å². The van der Waals surface area contributed by atoms with E-state index in [1.54, 1.807) is 4.68 Å². The van der Waals surface area contributed by atoms with Crippen LogP contribution >= 0.6 is 0 Å². The zero-order valence-corrected chi connectivity index (χ0v) is 17.8. The number of aryl methyl sites for hydroxylation is 2. The van der Waals surface area contributed by atoms with Crippen molar-refractivity contribution in [3.05, 3.63) is 17.5 Å².